The molecule has 0 radical (unpaired) electrons. The molecule has 1 unspecified atom stereocenters. The molecule has 2 rings (SSSR count). The molecule has 0 saturated heterocycles. The molecule has 0 saturated carbocycles. The van der Waals surface area contributed by atoms with Gasteiger partial charge in [-0.3, -0.25) is 0 Å². The second-order valence-corrected chi connectivity index (χ2v) is 4.65. The third kappa shape index (κ3) is 1.89. The Balaban J connectivity index is 2.39. The molecule has 1 aliphatic carbocycles. The van der Waals surface area contributed by atoms with Gasteiger partial charge in [0.2, 0.25) is 0 Å². The molecule has 1 atom stereocenters. The lowest BCUT2D eigenvalue weighted by Crippen LogP contribution is -2.15. The second-order valence-electron chi connectivity index (χ2n) is 4.65. The van der Waals surface area contributed by atoms with E-state index in [2.05, 4.69) is 23.8 Å². The zero-order chi connectivity index (χ0) is 11.7. The summed E-state index contributed by atoms with van der Waals surface area (Å²) >= 11 is 0. The lowest BCUT2D eigenvalue weighted by molar-refractivity contribution is 0.0574. The number of methoxy groups -OCH3 is 1. The Kier molecular flexibility index (Phi) is 3.10. The maximum atomic E-state index is 5.96. The smallest absolute Gasteiger partial charge is 0.159 e. The van der Waals surface area contributed by atoms with Gasteiger partial charge in [-0.1, -0.05) is 13.8 Å². The molecule has 88 valence electrons. The van der Waals surface area contributed by atoms with Crippen molar-refractivity contribution in [3.05, 3.63) is 17.1 Å². The van der Waals surface area contributed by atoms with Crippen molar-refractivity contribution in [3.8, 4) is 0 Å². The first-order valence-corrected chi connectivity index (χ1v) is 5.81. The first-order chi connectivity index (χ1) is 7.63. The Labute approximate surface area is 96.2 Å². The summed E-state index contributed by atoms with van der Waals surface area (Å²) in [6.07, 6.45) is 3.11. The molecule has 0 aromatic carbocycles. The number of anilines is 1. The van der Waals surface area contributed by atoms with Gasteiger partial charge >= 0.3 is 0 Å². The Morgan fingerprint density at radius 1 is 1.25 bits per heavy atom. The SMILES string of the molecule is COC(c1nc(N)c2c(n1)CCC2)C(C)C. The van der Waals surface area contributed by atoms with Gasteiger partial charge in [0.05, 0.1) is 0 Å². The van der Waals surface area contributed by atoms with Crippen molar-refractivity contribution in [2.45, 2.75) is 39.2 Å². The molecule has 1 heterocycles. The number of aromatic nitrogens is 2. The highest BCUT2D eigenvalue weighted by molar-refractivity contribution is 5.44. The van der Waals surface area contributed by atoms with E-state index in [0.29, 0.717) is 11.7 Å². The van der Waals surface area contributed by atoms with Crippen molar-refractivity contribution in [1.82, 2.24) is 9.97 Å². The maximum Gasteiger partial charge on any atom is 0.159 e. The zero-order valence-electron chi connectivity index (χ0n) is 10.2. The number of nitrogens with zero attached hydrogens (tertiary/aromatic N) is 2. The monoisotopic (exact) mass is 221 g/mol. The van der Waals surface area contributed by atoms with Crippen LogP contribution in [0, 0.1) is 5.92 Å². The molecule has 0 fully saturated rings. The fraction of sp³-hybridized carbons (Fsp3) is 0.667. The summed E-state index contributed by atoms with van der Waals surface area (Å²) in [5, 5.41) is 0. The standard InChI is InChI=1S/C12H19N3O/c1-7(2)10(16-3)12-14-9-6-4-5-8(9)11(13)15-12/h7,10H,4-6H2,1-3H3,(H2,13,14,15). The molecule has 16 heavy (non-hydrogen) atoms. The van der Waals surface area contributed by atoms with Gasteiger partial charge < -0.3 is 10.5 Å². The Hall–Kier alpha value is -1.16. The molecule has 4 nitrogen and oxygen atoms in total. The molecule has 4 heteroatoms. The van der Waals surface area contributed by atoms with Crippen LogP contribution in [0.1, 0.15) is 43.5 Å². The summed E-state index contributed by atoms with van der Waals surface area (Å²) in [7, 11) is 1.69. The minimum atomic E-state index is -0.0619. The fourth-order valence-corrected chi connectivity index (χ4v) is 2.28. The predicted octanol–water partition coefficient (Wildman–Crippen LogP) is 1.89. The predicted molar refractivity (Wildman–Crippen MR) is 63.1 cm³/mol. The van der Waals surface area contributed by atoms with E-state index < -0.39 is 0 Å². The van der Waals surface area contributed by atoms with Crippen molar-refractivity contribution >= 4 is 5.82 Å². The minimum absolute atomic E-state index is 0.0619. The second kappa shape index (κ2) is 4.37. The van der Waals surface area contributed by atoms with Crippen LogP contribution in [0.25, 0.3) is 0 Å². The Morgan fingerprint density at radius 3 is 2.62 bits per heavy atom. The summed E-state index contributed by atoms with van der Waals surface area (Å²) in [4.78, 5) is 8.97. The average molecular weight is 221 g/mol. The molecular formula is C12H19N3O. The molecular weight excluding hydrogens is 202 g/mol. The van der Waals surface area contributed by atoms with Gasteiger partial charge in [0.25, 0.3) is 0 Å². The van der Waals surface area contributed by atoms with Crippen LogP contribution in [0.4, 0.5) is 5.82 Å². The van der Waals surface area contributed by atoms with Crippen LogP contribution in [0.15, 0.2) is 0 Å². The van der Waals surface area contributed by atoms with Gasteiger partial charge in [-0.15, -0.1) is 0 Å². The van der Waals surface area contributed by atoms with Crippen molar-refractivity contribution < 1.29 is 4.74 Å². The van der Waals surface area contributed by atoms with Crippen LogP contribution in [0.5, 0.6) is 0 Å². The third-order valence-electron chi connectivity index (χ3n) is 3.10. The van der Waals surface area contributed by atoms with Crippen LogP contribution >= 0.6 is 0 Å². The van der Waals surface area contributed by atoms with Gasteiger partial charge in [-0.2, -0.15) is 0 Å². The van der Waals surface area contributed by atoms with E-state index in [1.807, 2.05) is 0 Å². The molecule has 0 aliphatic heterocycles. The average Bonchev–Trinajstić information content (AvgIpc) is 2.66. The van der Waals surface area contributed by atoms with Crippen molar-refractivity contribution in [1.29, 1.82) is 0 Å². The maximum absolute atomic E-state index is 5.96. The summed E-state index contributed by atoms with van der Waals surface area (Å²) < 4.78 is 5.43. The van der Waals surface area contributed by atoms with Crippen molar-refractivity contribution in [2.24, 2.45) is 5.92 Å². The van der Waals surface area contributed by atoms with Crippen molar-refractivity contribution in [2.75, 3.05) is 12.8 Å². The number of nitrogens with two attached hydrogens (primary N) is 1. The highest BCUT2D eigenvalue weighted by Gasteiger charge is 2.23. The Morgan fingerprint density at radius 2 is 2.00 bits per heavy atom. The van der Waals surface area contributed by atoms with Crippen LogP contribution in [-0.2, 0) is 17.6 Å². The van der Waals surface area contributed by atoms with Gasteiger partial charge in [0.1, 0.15) is 11.9 Å². The highest BCUT2D eigenvalue weighted by Crippen LogP contribution is 2.28. The number of hydrogen-bond donors (Lipinski definition) is 1. The van der Waals surface area contributed by atoms with Gasteiger partial charge in [-0.05, 0) is 25.2 Å². The van der Waals surface area contributed by atoms with E-state index in [4.69, 9.17) is 10.5 Å². The molecule has 2 N–H and O–H groups in total. The van der Waals surface area contributed by atoms with E-state index >= 15 is 0 Å². The molecule has 1 aliphatic rings. The van der Waals surface area contributed by atoms with Crippen LogP contribution in [-0.4, -0.2) is 17.1 Å². The third-order valence-corrected chi connectivity index (χ3v) is 3.10. The fourth-order valence-electron chi connectivity index (χ4n) is 2.28. The van der Waals surface area contributed by atoms with Gasteiger partial charge in [0, 0.05) is 18.4 Å². The first-order valence-electron chi connectivity index (χ1n) is 5.81. The Bertz CT molecular complexity index is 390. The summed E-state index contributed by atoms with van der Waals surface area (Å²) in [6.45, 7) is 4.20. The van der Waals surface area contributed by atoms with E-state index in [-0.39, 0.29) is 6.10 Å². The lowest BCUT2D eigenvalue weighted by atomic mass is 10.1. The molecule has 0 amide bonds. The lowest BCUT2D eigenvalue weighted by Gasteiger charge is -2.18. The topological polar surface area (TPSA) is 61.0 Å². The number of ether oxygens (including phenoxy) is 1. The molecule has 1 aromatic rings. The van der Waals surface area contributed by atoms with Crippen LogP contribution in [0.2, 0.25) is 0 Å². The van der Waals surface area contributed by atoms with E-state index in [0.717, 1.165) is 36.3 Å². The molecule has 1 aromatic heterocycles. The van der Waals surface area contributed by atoms with Gasteiger partial charge in [0.15, 0.2) is 5.82 Å². The van der Waals surface area contributed by atoms with Crippen molar-refractivity contribution in [3.63, 3.8) is 0 Å². The molecule has 0 spiro atoms. The molecule has 0 bridgehead atoms. The summed E-state index contributed by atoms with van der Waals surface area (Å²) in [6, 6.07) is 0. The normalized spacial score (nSPS) is 16.5. The first kappa shape index (κ1) is 11.3. The minimum Gasteiger partial charge on any atom is -0.383 e. The van der Waals surface area contributed by atoms with Crippen LogP contribution in [0.3, 0.4) is 0 Å². The van der Waals surface area contributed by atoms with E-state index in [9.17, 15) is 0 Å². The summed E-state index contributed by atoms with van der Waals surface area (Å²) in [5.74, 6) is 1.72. The number of fused-ring (bicyclic) bond motifs is 1. The van der Waals surface area contributed by atoms with E-state index in [1.165, 1.54) is 0 Å². The summed E-state index contributed by atoms with van der Waals surface area (Å²) in [5.41, 5.74) is 8.22. The number of nitrogen functional groups attached to an aromatic ring is 1. The van der Waals surface area contributed by atoms with Crippen LogP contribution < -0.4 is 5.73 Å². The van der Waals surface area contributed by atoms with E-state index in [1.54, 1.807) is 7.11 Å². The number of hydrogen-bond acceptors (Lipinski definition) is 4. The quantitative estimate of drug-likeness (QED) is 0.846. The number of aryl methyl sites for hydroxylation is 1. The van der Waals surface area contributed by atoms with Gasteiger partial charge in [-0.25, -0.2) is 9.97 Å². The zero-order valence-corrected chi connectivity index (χ0v) is 10.2. The highest BCUT2D eigenvalue weighted by atomic mass is 16.5. The largest absolute Gasteiger partial charge is 0.383 e. The number of rotatable bonds is 3.